The van der Waals surface area contributed by atoms with Crippen molar-refractivity contribution in [2.75, 3.05) is 13.2 Å². The molecule has 2 saturated heterocycles. The average Bonchev–Trinajstić information content (AvgIpc) is 2.41. The van der Waals surface area contributed by atoms with Crippen LogP contribution in [0.3, 0.4) is 0 Å². The van der Waals surface area contributed by atoms with E-state index < -0.39 is 0 Å². The maximum Gasteiger partial charge on any atom is 0.107 e. The number of ether oxygens (including phenoxy) is 2. The van der Waals surface area contributed by atoms with E-state index in [1.807, 2.05) is 0 Å². The Labute approximate surface area is 60.8 Å². The van der Waals surface area contributed by atoms with E-state index in [1.54, 1.807) is 0 Å². The van der Waals surface area contributed by atoms with Gasteiger partial charge in [0, 0.05) is 5.92 Å². The molecule has 56 valence electrons. The van der Waals surface area contributed by atoms with Crippen molar-refractivity contribution in [2.45, 2.75) is 19.1 Å². The van der Waals surface area contributed by atoms with Crippen LogP contribution >= 0.6 is 0 Å². The topological polar surface area (TPSA) is 18.5 Å². The Morgan fingerprint density at radius 3 is 3.00 bits per heavy atom. The molecular formula is C8H12O2. The summed E-state index contributed by atoms with van der Waals surface area (Å²) in [7, 11) is 0. The third-order valence-electron chi connectivity index (χ3n) is 2.26. The molecule has 0 aromatic carbocycles. The fourth-order valence-corrected chi connectivity index (χ4v) is 1.63. The van der Waals surface area contributed by atoms with Gasteiger partial charge in [-0.15, -0.1) is 0 Å². The van der Waals surface area contributed by atoms with E-state index in [1.165, 1.54) is 0 Å². The molecule has 10 heavy (non-hydrogen) atoms. The molecule has 0 bridgehead atoms. The van der Waals surface area contributed by atoms with Gasteiger partial charge in [-0.1, -0.05) is 13.5 Å². The van der Waals surface area contributed by atoms with Crippen molar-refractivity contribution in [3.8, 4) is 0 Å². The molecule has 2 nitrogen and oxygen atoms in total. The van der Waals surface area contributed by atoms with Crippen LogP contribution in [0.25, 0.3) is 0 Å². The third-order valence-corrected chi connectivity index (χ3v) is 2.26. The molecule has 2 heteroatoms. The molecule has 2 aliphatic rings. The van der Waals surface area contributed by atoms with Crippen molar-refractivity contribution in [1.82, 2.24) is 0 Å². The minimum Gasteiger partial charge on any atom is -0.371 e. The summed E-state index contributed by atoms with van der Waals surface area (Å²) in [6, 6.07) is 0. The second-order valence-corrected chi connectivity index (χ2v) is 3.17. The van der Waals surface area contributed by atoms with Gasteiger partial charge in [0.05, 0.1) is 19.3 Å². The van der Waals surface area contributed by atoms with Crippen molar-refractivity contribution in [1.29, 1.82) is 0 Å². The van der Waals surface area contributed by atoms with Gasteiger partial charge in [0.25, 0.3) is 0 Å². The summed E-state index contributed by atoms with van der Waals surface area (Å²) in [5.74, 6) is 0.546. The minimum atomic E-state index is 0.204. The molecule has 2 aliphatic heterocycles. The smallest absolute Gasteiger partial charge is 0.107 e. The van der Waals surface area contributed by atoms with Crippen LogP contribution in [0, 0.1) is 5.92 Å². The number of fused-ring (bicyclic) bond motifs is 1. The summed E-state index contributed by atoms with van der Waals surface area (Å²) in [6.07, 6.45) is 0.502. The lowest BCUT2D eigenvalue weighted by Crippen LogP contribution is -2.20. The Hall–Kier alpha value is -0.340. The fraction of sp³-hybridized carbons (Fsp3) is 0.750. The first-order chi connectivity index (χ1) is 4.79. The van der Waals surface area contributed by atoms with Gasteiger partial charge in [-0.05, 0) is 5.57 Å². The van der Waals surface area contributed by atoms with Crippen LogP contribution in [0.2, 0.25) is 0 Å². The Kier molecular flexibility index (Phi) is 1.32. The van der Waals surface area contributed by atoms with Crippen LogP contribution in [0.4, 0.5) is 0 Å². The molecule has 0 saturated carbocycles. The Morgan fingerprint density at radius 1 is 1.50 bits per heavy atom. The molecule has 0 aromatic heterocycles. The van der Waals surface area contributed by atoms with Gasteiger partial charge in [-0.2, -0.15) is 0 Å². The standard InChI is InChI=1S/C8H12O2/c1-5-3-9-8-6(2)4-10-7(5)8/h6-8H,1,3-4H2,2H3/t6-,7+,8+/m0/s1. The maximum atomic E-state index is 5.48. The molecule has 0 N–H and O–H groups in total. The average molecular weight is 140 g/mol. The molecule has 3 atom stereocenters. The molecule has 0 amide bonds. The lowest BCUT2D eigenvalue weighted by molar-refractivity contribution is 0.0669. The molecule has 2 rings (SSSR count). The Balaban J connectivity index is 2.16. The normalized spacial score (nSPS) is 46.1. The highest BCUT2D eigenvalue weighted by Crippen LogP contribution is 2.32. The van der Waals surface area contributed by atoms with Gasteiger partial charge in [-0.3, -0.25) is 0 Å². The van der Waals surface area contributed by atoms with Crippen LogP contribution in [0.1, 0.15) is 6.92 Å². The highest BCUT2D eigenvalue weighted by Gasteiger charge is 2.41. The van der Waals surface area contributed by atoms with Gasteiger partial charge in [0.2, 0.25) is 0 Å². The summed E-state index contributed by atoms with van der Waals surface area (Å²) in [5.41, 5.74) is 1.11. The lowest BCUT2D eigenvalue weighted by atomic mass is 10.0. The minimum absolute atomic E-state index is 0.204. The van der Waals surface area contributed by atoms with Crippen LogP contribution in [0.15, 0.2) is 12.2 Å². The summed E-state index contributed by atoms with van der Waals surface area (Å²) in [5, 5.41) is 0. The second-order valence-electron chi connectivity index (χ2n) is 3.17. The predicted octanol–water partition coefficient (Wildman–Crippen LogP) is 0.976. The first kappa shape index (κ1) is 6.38. The van der Waals surface area contributed by atoms with Gasteiger partial charge in [0.15, 0.2) is 0 Å². The third kappa shape index (κ3) is 0.724. The van der Waals surface area contributed by atoms with Crippen LogP contribution in [-0.2, 0) is 9.47 Å². The monoisotopic (exact) mass is 140 g/mol. The predicted molar refractivity (Wildman–Crippen MR) is 37.8 cm³/mol. The van der Waals surface area contributed by atoms with E-state index in [-0.39, 0.29) is 6.10 Å². The van der Waals surface area contributed by atoms with E-state index in [0.29, 0.717) is 18.6 Å². The van der Waals surface area contributed by atoms with E-state index in [4.69, 9.17) is 9.47 Å². The van der Waals surface area contributed by atoms with Crippen LogP contribution < -0.4 is 0 Å². The van der Waals surface area contributed by atoms with Crippen molar-refractivity contribution in [2.24, 2.45) is 5.92 Å². The molecule has 0 aromatic rings. The molecule has 0 aliphatic carbocycles. The quantitative estimate of drug-likeness (QED) is 0.467. The summed E-state index contributed by atoms with van der Waals surface area (Å²) in [6.45, 7) is 7.56. The van der Waals surface area contributed by atoms with Gasteiger partial charge in [-0.25, -0.2) is 0 Å². The summed E-state index contributed by atoms with van der Waals surface area (Å²) < 4.78 is 11.0. The van der Waals surface area contributed by atoms with Gasteiger partial charge < -0.3 is 9.47 Å². The van der Waals surface area contributed by atoms with Crippen LogP contribution in [-0.4, -0.2) is 25.4 Å². The first-order valence-electron chi connectivity index (χ1n) is 3.70. The van der Waals surface area contributed by atoms with Crippen LogP contribution in [0.5, 0.6) is 0 Å². The fourth-order valence-electron chi connectivity index (χ4n) is 1.63. The van der Waals surface area contributed by atoms with Crippen molar-refractivity contribution >= 4 is 0 Å². The van der Waals surface area contributed by atoms with E-state index >= 15 is 0 Å². The molecule has 0 spiro atoms. The zero-order valence-corrected chi connectivity index (χ0v) is 6.17. The summed E-state index contributed by atoms with van der Waals surface area (Å²) in [4.78, 5) is 0. The maximum absolute atomic E-state index is 5.48. The Morgan fingerprint density at radius 2 is 2.30 bits per heavy atom. The van der Waals surface area contributed by atoms with E-state index in [2.05, 4.69) is 13.5 Å². The highest BCUT2D eigenvalue weighted by atomic mass is 16.6. The molecule has 2 heterocycles. The zero-order chi connectivity index (χ0) is 7.14. The molecule has 2 fully saturated rings. The largest absolute Gasteiger partial charge is 0.371 e. The number of rotatable bonds is 0. The Bertz CT molecular complexity index is 165. The number of hydrogen-bond donors (Lipinski definition) is 0. The van der Waals surface area contributed by atoms with Gasteiger partial charge >= 0.3 is 0 Å². The SMILES string of the molecule is C=C1CO[C@H]2[C@@H]1OC[C@@H]2C. The first-order valence-corrected chi connectivity index (χ1v) is 3.70. The van der Waals surface area contributed by atoms with Crippen molar-refractivity contribution in [3.63, 3.8) is 0 Å². The molecular weight excluding hydrogens is 128 g/mol. The molecule has 0 radical (unpaired) electrons. The second kappa shape index (κ2) is 2.07. The molecule has 0 unspecified atom stereocenters. The van der Waals surface area contributed by atoms with Crippen molar-refractivity contribution in [3.05, 3.63) is 12.2 Å². The lowest BCUT2D eigenvalue weighted by Gasteiger charge is -2.08. The van der Waals surface area contributed by atoms with Gasteiger partial charge in [0.1, 0.15) is 6.10 Å². The van der Waals surface area contributed by atoms with E-state index in [0.717, 1.165) is 12.2 Å². The summed E-state index contributed by atoms with van der Waals surface area (Å²) >= 11 is 0. The zero-order valence-electron chi connectivity index (χ0n) is 6.17. The number of hydrogen-bond acceptors (Lipinski definition) is 2. The van der Waals surface area contributed by atoms with Crippen molar-refractivity contribution < 1.29 is 9.47 Å². The van der Waals surface area contributed by atoms with E-state index in [9.17, 15) is 0 Å². The highest BCUT2D eigenvalue weighted by molar-refractivity contribution is 5.13.